The van der Waals surface area contributed by atoms with E-state index in [1.807, 2.05) is 56.3 Å². The number of hydrogen-bond donors (Lipinski definition) is 1. The van der Waals surface area contributed by atoms with E-state index in [0.717, 1.165) is 22.8 Å². The van der Waals surface area contributed by atoms with Gasteiger partial charge in [0.1, 0.15) is 0 Å². The Bertz CT molecular complexity index is 1010. The van der Waals surface area contributed by atoms with Crippen LogP contribution < -0.4 is 5.32 Å². The van der Waals surface area contributed by atoms with Crippen molar-refractivity contribution in [3.05, 3.63) is 77.2 Å². The Morgan fingerprint density at radius 1 is 1.24 bits per heavy atom. The molecule has 29 heavy (non-hydrogen) atoms. The predicted molar refractivity (Wildman–Crippen MR) is 115 cm³/mol. The molecule has 3 rings (SSSR count). The number of carbonyl (C=O) groups excluding carboxylic acids is 1. The molecule has 0 saturated heterocycles. The number of nitrogens with one attached hydrogen (secondary N) is 1. The first kappa shape index (κ1) is 20.6. The van der Waals surface area contributed by atoms with E-state index in [1.54, 1.807) is 28.8 Å². The summed E-state index contributed by atoms with van der Waals surface area (Å²) in [6, 6.07) is 15.4. The van der Waals surface area contributed by atoms with E-state index < -0.39 is 0 Å². The molecule has 0 atom stereocenters. The number of pyridine rings is 1. The zero-order valence-corrected chi connectivity index (χ0v) is 17.3. The van der Waals surface area contributed by atoms with E-state index in [9.17, 15) is 4.79 Å². The van der Waals surface area contributed by atoms with Crippen LogP contribution in [0.25, 0.3) is 5.82 Å². The highest BCUT2D eigenvalue weighted by Crippen LogP contribution is 2.22. The lowest BCUT2D eigenvalue weighted by molar-refractivity contribution is 0.0955. The number of benzene rings is 1. The van der Waals surface area contributed by atoms with Crippen molar-refractivity contribution in [1.29, 1.82) is 5.26 Å². The summed E-state index contributed by atoms with van der Waals surface area (Å²) in [4.78, 5) is 17.0. The number of thioether (sulfide) groups is 1. The number of rotatable bonds is 8. The normalized spacial score (nSPS) is 10.7. The number of nitrogens with zero attached hydrogens (tertiary/aromatic N) is 4. The van der Waals surface area contributed by atoms with Crippen LogP contribution in [0, 0.1) is 11.3 Å². The van der Waals surface area contributed by atoms with Crippen LogP contribution in [-0.4, -0.2) is 33.0 Å². The Labute approximate surface area is 175 Å². The lowest BCUT2D eigenvalue weighted by Gasteiger charge is -2.12. The first-order valence-corrected chi connectivity index (χ1v) is 10.6. The summed E-state index contributed by atoms with van der Waals surface area (Å²) in [5.74, 6) is 2.19. The van der Waals surface area contributed by atoms with E-state index in [2.05, 4.69) is 21.5 Å². The molecule has 148 valence electrons. The Kier molecular flexibility index (Phi) is 7.04. The van der Waals surface area contributed by atoms with Crippen molar-refractivity contribution >= 4 is 17.7 Å². The molecule has 0 aliphatic carbocycles. The molecule has 0 radical (unpaired) electrons. The van der Waals surface area contributed by atoms with Crippen molar-refractivity contribution in [2.24, 2.45) is 0 Å². The minimum atomic E-state index is -0.131. The SMILES string of the molecule is CC(C)c1c(C(=O)NCCSCc2ccccc2C#N)cnn1-c1ccccn1. The third-order valence-corrected chi connectivity index (χ3v) is 5.40. The number of carbonyl (C=O) groups is 1. The van der Waals surface area contributed by atoms with Gasteiger partial charge in [-0.2, -0.15) is 22.1 Å². The molecule has 0 fully saturated rings. The molecule has 2 heterocycles. The van der Waals surface area contributed by atoms with Gasteiger partial charge >= 0.3 is 0 Å². The van der Waals surface area contributed by atoms with Gasteiger partial charge in [-0.05, 0) is 29.7 Å². The maximum Gasteiger partial charge on any atom is 0.254 e. The lowest BCUT2D eigenvalue weighted by atomic mass is 10.1. The molecular formula is C22H23N5OS. The molecule has 7 heteroatoms. The van der Waals surface area contributed by atoms with Crippen molar-refractivity contribution in [3.63, 3.8) is 0 Å². The molecule has 0 spiro atoms. The molecule has 6 nitrogen and oxygen atoms in total. The van der Waals surface area contributed by atoms with Gasteiger partial charge in [0, 0.05) is 24.2 Å². The maximum atomic E-state index is 12.7. The Hall–Kier alpha value is -3.11. The summed E-state index contributed by atoms with van der Waals surface area (Å²) in [5.41, 5.74) is 3.14. The molecular weight excluding hydrogens is 382 g/mol. The average molecular weight is 406 g/mol. The largest absolute Gasteiger partial charge is 0.351 e. The summed E-state index contributed by atoms with van der Waals surface area (Å²) >= 11 is 1.69. The molecule has 1 aromatic carbocycles. The van der Waals surface area contributed by atoms with E-state index in [0.29, 0.717) is 23.5 Å². The summed E-state index contributed by atoms with van der Waals surface area (Å²) in [6.45, 7) is 4.62. The Morgan fingerprint density at radius 3 is 2.76 bits per heavy atom. The zero-order chi connectivity index (χ0) is 20.6. The minimum Gasteiger partial charge on any atom is -0.351 e. The van der Waals surface area contributed by atoms with Crippen molar-refractivity contribution < 1.29 is 4.79 Å². The highest BCUT2D eigenvalue weighted by atomic mass is 32.2. The molecule has 0 aliphatic heterocycles. The number of hydrogen-bond acceptors (Lipinski definition) is 5. The van der Waals surface area contributed by atoms with Crippen LogP contribution in [0.2, 0.25) is 0 Å². The van der Waals surface area contributed by atoms with Crippen LogP contribution in [0.5, 0.6) is 0 Å². The predicted octanol–water partition coefficient (Wildman–Crippen LogP) is 3.93. The van der Waals surface area contributed by atoms with Gasteiger partial charge < -0.3 is 5.32 Å². The smallest absolute Gasteiger partial charge is 0.254 e. The van der Waals surface area contributed by atoms with Crippen LogP contribution in [0.1, 0.15) is 46.9 Å². The molecule has 0 bridgehead atoms. The van der Waals surface area contributed by atoms with E-state index in [-0.39, 0.29) is 11.8 Å². The van der Waals surface area contributed by atoms with Crippen molar-refractivity contribution in [2.45, 2.75) is 25.5 Å². The van der Waals surface area contributed by atoms with E-state index in [4.69, 9.17) is 5.26 Å². The highest BCUT2D eigenvalue weighted by molar-refractivity contribution is 7.98. The van der Waals surface area contributed by atoms with Gasteiger partial charge in [-0.15, -0.1) is 0 Å². The second kappa shape index (κ2) is 9.89. The number of amides is 1. The fourth-order valence-corrected chi connectivity index (χ4v) is 3.88. The fraction of sp³-hybridized carbons (Fsp3) is 0.273. The second-order valence-electron chi connectivity index (χ2n) is 6.78. The van der Waals surface area contributed by atoms with Crippen LogP contribution in [0.3, 0.4) is 0 Å². The molecule has 0 unspecified atom stereocenters. The van der Waals surface area contributed by atoms with Crippen LogP contribution >= 0.6 is 11.8 Å². The topological polar surface area (TPSA) is 83.6 Å². The lowest BCUT2D eigenvalue weighted by Crippen LogP contribution is -2.27. The van der Waals surface area contributed by atoms with Crippen LogP contribution in [-0.2, 0) is 5.75 Å². The van der Waals surface area contributed by atoms with Crippen molar-refractivity contribution in [2.75, 3.05) is 12.3 Å². The van der Waals surface area contributed by atoms with Crippen molar-refractivity contribution in [1.82, 2.24) is 20.1 Å². The van der Waals surface area contributed by atoms with Gasteiger partial charge in [0.15, 0.2) is 5.82 Å². The first-order chi connectivity index (χ1) is 14.1. The summed E-state index contributed by atoms with van der Waals surface area (Å²) in [7, 11) is 0. The summed E-state index contributed by atoms with van der Waals surface area (Å²) < 4.78 is 1.73. The van der Waals surface area contributed by atoms with Gasteiger partial charge in [0.25, 0.3) is 5.91 Å². The third kappa shape index (κ3) is 5.04. The molecule has 1 N–H and O–H groups in total. The van der Waals surface area contributed by atoms with E-state index in [1.165, 1.54) is 0 Å². The maximum absolute atomic E-state index is 12.7. The van der Waals surface area contributed by atoms with Gasteiger partial charge in [0.2, 0.25) is 0 Å². The Morgan fingerprint density at radius 2 is 2.03 bits per heavy atom. The van der Waals surface area contributed by atoms with Gasteiger partial charge in [0.05, 0.1) is 29.1 Å². The average Bonchev–Trinajstić information content (AvgIpc) is 3.20. The molecule has 0 saturated carbocycles. The molecule has 3 aromatic rings. The zero-order valence-electron chi connectivity index (χ0n) is 16.5. The minimum absolute atomic E-state index is 0.122. The summed E-state index contributed by atoms with van der Waals surface area (Å²) in [6.07, 6.45) is 3.32. The van der Waals surface area contributed by atoms with Gasteiger partial charge in [-0.1, -0.05) is 38.1 Å². The first-order valence-electron chi connectivity index (χ1n) is 9.45. The van der Waals surface area contributed by atoms with Crippen LogP contribution in [0.15, 0.2) is 54.9 Å². The molecule has 2 aromatic heterocycles. The summed E-state index contributed by atoms with van der Waals surface area (Å²) in [5, 5.41) is 16.5. The van der Waals surface area contributed by atoms with Gasteiger partial charge in [-0.3, -0.25) is 4.79 Å². The Balaban J connectivity index is 1.59. The molecule has 0 aliphatic rings. The highest BCUT2D eigenvalue weighted by Gasteiger charge is 2.21. The number of aromatic nitrogens is 3. The standard InChI is InChI=1S/C22H23N5OS/c1-16(2)21-19(14-26-27(21)20-9-5-6-10-24-20)22(28)25-11-12-29-15-18-8-4-3-7-17(18)13-23/h3-10,14,16H,11-12,15H2,1-2H3,(H,25,28). The molecule has 1 amide bonds. The van der Waals surface area contributed by atoms with Crippen molar-refractivity contribution in [3.8, 4) is 11.9 Å². The van der Waals surface area contributed by atoms with Crippen LogP contribution in [0.4, 0.5) is 0 Å². The fourth-order valence-electron chi connectivity index (χ4n) is 3.02. The number of nitriles is 1. The van der Waals surface area contributed by atoms with Gasteiger partial charge in [-0.25, -0.2) is 9.67 Å². The van der Waals surface area contributed by atoms with E-state index >= 15 is 0 Å². The third-order valence-electron chi connectivity index (χ3n) is 4.39. The second-order valence-corrected chi connectivity index (χ2v) is 7.88. The quantitative estimate of drug-likeness (QED) is 0.574. The monoisotopic (exact) mass is 405 g/mol.